The number of carbonyl (C=O) groups is 2. The fraction of sp³-hybridized carbons (Fsp3) is 0.300. The van der Waals surface area contributed by atoms with Crippen LogP contribution in [0.3, 0.4) is 0 Å². The van der Waals surface area contributed by atoms with Crippen molar-refractivity contribution < 1.29 is 19.8 Å². The number of nitrogens with one attached hydrogen (secondary N) is 1. The Kier molecular flexibility index (Phi) is 4.38. The van der Waals surface area contributed by atoms with Crippen molar-refractivity contribution in [1.29, 1.82) is 0 Å². The number of rotatable bonds is 6. The van der Waals surface area contributed by atoms with E-state index >= 15 is 0 Å². The molecule has 2 rings (SSSR count). The Hall–Kier alpha value is -2.33. The number of thiophene rings is 1. The monoisotopic (exact) mass is 297 g/mol. The molecule has 20 heavy (non-hydrogen) atoms. The number of aliphatic carboxylic acids is 1. The molecule has 2 aromatic rings. The number of amides is 1. The number of aliphatic hydroxyl groups is 1. The van der Waals surface area contributed by atoms with Gasteiger partial charge in [-0.3, -0.25) is 4.79 Å². The Balaban J connectivity index is 1.97. The minimum atomic E-state index is -1.49. The summed E-state index contributed by atoms with van der Waals surface area (Å²) in [5, 5.41) is 32.5. The van der Waals surface area contributed by atoms with E-state index in [4.69, 9.17) is 10.2 Å². The van der Waals surface area contributed by atoms with E-state index in [0.717, 1.165) is 0 Å². The SMILES string of the molecule is O=C(NCCC(O)C(=O)O)c1sccc1-n1cnnn1. The summed E-state index contributed by atoms with van der Waals surface area (Å²) in [5.74, 6) is -1.69. The molecule has 0 aromatic carbocycles. The summed E-state index contributed by atoms with van der Waals surface area (Å²) >= 11 is 1.21. The maximum absolute atomic E-state index is 12.0. The van der Waals surface area contributed by atoms with Crippen LogP contribution in [-0.2, 0) is 4.79 Å². The van der Waals surface area contributed by atoms with Crippen molar-refractivity contribution in [1.82, 2.24) is 25.5 Å². The highest BCUT2D eigenvalue weighted by molar-refractivity contribution is 7.12. The summed E-state index contributed by atoms with van der Waals surface area (Å²) in [6.07, 6.45) is -0.183. The molecular weight excluding hydrogens is 286 g/mol. The fourth-order valence-corrected chi connectivity index (χ4v) is 2.25. The van der Waals surface area contributed by atoms with Crippen LogP contribution >= 0.6 is 11.3 Å². The third kappa shape index (κ3) is 3.16. The van der Waals surface area contributed by atoms with Gasteiger partial charge in [-0.05, 0) is 21.9 Å². The summed E-state index contributed by atoms with van der Waals surface area (Å²) < 4.78 is 1.36. The van der Waals surface area contributed by atoms with Crippen molar-refractivity contribution in [3.8, 4) is 5.69 Å². The van der Waals surface area contributed by atoms with E-state index in [1.807, 2.05) is 0 Å². The van der Waals surface area contributed by atoms with Gasteiger partial charge in [0, 0.05) is 13.0 Å². The molecule has 2 heterocycles. The normalized spacial score (nSPS) is 12.1. The van der Waals surface area contributed by atoms with Gasteiger partial charge in [0.2, 0.25) is 0 Å². The number of carboxylic acids is 1. The molecule has 0 fully saturated rings. The molecule has 0 spiro atoms. The van der Waals surface area contributed by atoms with Crippen LogP contribution in [0.5, 0.6) is 0 Å². The van der Waals surface area contributed by atoms with Crippen LogP contribution in [0.2, 0.25) is 0 Å². The van der Waals surface area contributed by atoms with Crippen molar-refractivity contribution in [2.75, 3.05) is 6.54 Å². The van der Waals surface area contributed by atoms with E-state index in [1.165, 1.54) is 22.3 Å². The third-order valence-corrected chi connectivity index (χ3v) is 3.34. The van der Waals surface area contributed by atoms with Crippen molar-refractivity contribution in [3.63, 3.8) is 0 Å². The molecule has 0 aliphatic rings. The molecule has 0 bridgehead atoms. The molecule has 0 aliphatic carbocycles. The lowest BCUT2D eigenvalue weighted by molar-refractivity contribution is -0.146. The van der Waals surface area contributed by atoms with E-state index in [1.54, 1.807) is 11.4 Å². The minimum absolute atomic E-state index is 0.0548. The zero-order valence-corrected chi connectivity index (χ0v) is 10.9. The molecule has 9 nitrogen and oxygen atoms in total. The van der Waals surface area contributed by atoms with Gasteiger partial charge < -0.3 is 15.5 Å². The molecule has 0 saturated heterocycles. The van der Waals surface area contributed by atoms with Gasteiger partial charge in [0.05, 0.1) is 5.69 Å². The molecule has 0 aliphatic heterocycles. The van der Waals surface area contributed by atoms with Crippen LogP contribution in [-0.4, -0.2) is 54.9 Å². The van der Waals surface area contributed by atoms with Crippen LogP contribution < -0.4 is 5.32 Å². The van der Waals surface area contributed by atoms with Gasteiger partial charge in [0.25, 0.3) is 5.91 Å². The number of nitrogens with zero attached hydrogens (tertiary/aromatic N) is 4. The molecule has 0 saturated carbocycles. The fourth-order valence-electron chi connectivity index (χ4n) is 1.45. The number of carboxylic acid groups (broad SMARTS) is 1. The van der Waals surface area contributed by atoms with Crippen LogP contribution in [0.25, 0.3) is 5.69 Å². The summed E-state index contributed by atoms with van der Waals surface area (Å²) in [4.78, 5) is 22.8. The minimum Gasteiger partial charge on any atom is -0.479 e. The molecule has 1 amide bonds. The van der Waals surface area contributed by atoms with Crippen molar-refractivity contribution in [2.24, 2.45) is 0 Å². The van der Waals surface area contributed by atoms with E-state index in [9.17, 15) is 9.59 Å². The van der Waals surface area contributed by atoms with Gasteiger partial charge in [-0.1, -0.05) is 0 Å². The number of carbonyl (C=O) groups excluding carboxylic acids is 1. The van der Waals surface area contributed by atoms with Gasteiger partial charge in [-0.15, -0.1) is 16.4 Å². The first-order valence-electron chi connectivity index (χ1n) is 5.59. The van der Waals surface area contributed by atoms with E-state index in [0.29, 0.717) is 10.6 Å². The van der Waals surface area contributed by atoms with Gasteiger partial charge in [-0.2, -0.15) is 4.68 Å². The average molecular weight is 297 g/mol. The number of hydrogen-bond donors (Lipinski definition) is 3. The second-order valence-electron chi connectivity index (χ2n) is 3.79. The smallest absolute Gasteiger partial charge is 0.332 e. The highest BCUT2D eigenvalue weighted by Gasteiger charge is 2.17. The Morgan fingerprint density at radius 1 is 1.50 bits per heavy atom. The molecule has 2 aromatic heterocycles. The van der Waals surface area contributed by atoms with Gasteiger partial charge >= 0.3 is 5.97 Å². The molecule has 0 radical (unpaired) electrons. The maximum atomic E-state index is 12.0. The van der Waals surface area contributed by atoms with E-state index < -0.39 is 12.1 Å². The lowest BCUT2D eigenvalue weighted by Gasteiger charge is -2.07. The largest absolute Gasteiger partial charge is 0.479 e. The second kappa shape index (κ2) is 6.21. The van der Waals surface area contributed by atoms with Crippen molar-refractivity contribution in [3.05, 3.63) is 22.7 Å². The third-order valence-electron chi connectivity index (χ3n) is 2.43. The van der Waals surface area contributed by atoms with Crippen molar-refractivity contribution >= 4 is 23.2 Å². The van der Waals surface area contributed by atoms with Gasteiger partial charge in [0.15, 0.2) is 6.10 Å². The molecule has 10 heteroatoms. The Labute approximate surface area is 116 Å². The lowest BCUT2D eigenvalue weighted by atomic mass is 10.2. The van der Waals surface area contributed by atoms with Crippen LogP contribution in [0.4, 0.5) is 0 Å². The Bertz CT molecular complexity index is 597. The summed E-state index contributed by atoms with van der Waals surface area (Å²) in [7, 11) is 0. The molecule has 1 atom stereocenters. The maximum Gasteiger partial charge on any atom is 0.332 e. The van der Waals surface area contributed by atoms with E-state index in [-0.39, 0.29) is 18.9 Å². The van der Waals surface area contributed by atoms with Crippen LogP contribution in [0.1, 0.15) is 16.1 Å². The number of hydrogen-bond acceptors (Lipinski definition) is 7. The van der Waals surface area contributed by atoms with E-state index in [2.05, 4.69) is 20.8 Å². The molecule has 3 N–H and O–H groups in total. The first kappa shape index (κ1) is 14.1. The topological polar surface area (TPSA) is 130 Å². The predicted molar refractivity (Wildman–Crippen MR) is 67.6 cm³/mol. The zero-order chi connectivity index (χ0) is 14.5. The number of aromatic nitrogens is 4. The Morgan fingerprint density at radius 2 is 2.30 bits per heavy atom. The first-order chi connectivity index (χ1) is 9.59. The highest BCUT2D eigenvalue weighted by atomic mass is 32.1. The molecule has 106 valence electrons. The zero-order valence-electron chi connectivity index (χ0n) is 10.1. The van der Waals surface area contributed by atoms with Crippen LogP contribution in [0, 0.1) is 0 Å². The number of aliphatic hydroxyl groups excluding tert-OH is 1. The summed E-state index contributed by atoms with van der Waals surface area (Å²) in [5.41, 5.74) is 0.538. The average Bonchev–Trinajstić information content (AvgIpc) is 3.08. The van der Waals surface area contributed by atoms with Crippen LogP contribution in [0.15, 0.2) is 17.8 Å². The lowest BCUT2D eigenvalue weighted by Crippen LogP contribution is -2.30. The van der Waals surface area contributed by atoms with Gasteiger partial charge in [-0.25, -0.2) is 4.79 Å². The standard InChI is InChI=1S/C10H11N5O4S/c16-7(10(18)19)1-3-11-9(17)8-6(2-4-20-8)15-5-12-13-14-15/h2,4-5,7,16H,1,3H2,(H,11,17)(H,18,19). The predicted octanol–water partition coefficient (Wildman–Crippen LogP) is -0.711. The summed E-state index contributed by atoms with van der Waals surface area (Å²) in [6.45, 7) is 0.0548. The first-order valence-corrected chi connectivity index (χ1v) is 6.47. The second-order valence-corrected chi connectivity index (χ2v) is 4.70. The van der Waals surface area contributed by atoms with Gasteiger partial charge in [0.1, 0.15) is 11.2 Å². The highest BCUT2D eigenvalue weighted by Crippen LogP contribution is 2.19. The summed E-state index contributed by atoms with van der Waals surface area (Å²) in [6, 6.07) is 1.70. The number of tetrazole rings is 1. The quantitative estimate of drug-likeness (QED) is 0.642. The molecular formula is C10H11N5O4S. The molecule has 1 unspecified atom stereocenters. The van der Waals surface area contributed by atoms with Crippen molar-refractivity contribution in [2.45, 2.75) is 12.5 Å². The Morgan fingerprint density at radius 3 is 2.95 bits per heavy atom.